The van der Waals surface area contributed by atoms with E-state index in [0.29, 0.717) is 16.5 Å². The van der Waals surface area contributed by atoms with Crippen LogP contribution in [-0.2, 0) is 19.4 Å². The predicted octanol–water partition coefficient (Wildman–Crippen LogP) is 3.71. The molecule has 3 aromatic rings. The van der Waals surface area contributed by atoms with E-state index in [-0.39, 0.29) is 17.5 Å². The maximum Gasteiger partial charge on any atom is 0.261 e. The van der Waals surface area contributed by atoms with Crippen molar-refractivity contribution < 1.29 is 4.79 Å². The summed E-state index contributed by atoms with van der Waals surface area (Å²) in [4.78, 5) is 32.8. The molecule has 0 N–H and O–H groups in total. The molecule has 0 spiro atoms. The lowest BCUT2D eigenvalue weighted by atomic mass is 10.1. The molecule has 0 fully saturated rings. The molecule has 0 unspecified atom stereocenters. The first-order valence-electron chi connectivity index (χ1n) is 10.1. The number of anilines is 1. The van der Waals surface area contributed by atoms with E-state index in [9.17, 15) is 9.59 Å². The molecule has 2 aliphatic rings. The van der Waals surface area contributed by atoms with Crippen molar-refractivity contribution in [1.29, 1.82) is 0 Å². The molecule has 28 heavy (non-hydrogen) atoms. The van der Waals surface area contributed by atoms with Crippen LogP contribution in [0.1, 0.15) is 47.9 Å². The Morgan fingerprint density at radius 3 is 2.86 bits per heavy atom. The summed E-state index contributed by atoms with van der Waals surface area (Å²) in [6, 6.07) is 13.5. The molecular formula is C23H23N3O2. The Hall–Kier alpha value is -2.95. The second kappa shape index (κ2) is 6.59. The summed E-state index contributed by atoms with van der Waals surface area (Å²) < 4.78 is 1.82. The molecule has 3 heterocycles. The second-order valence-corrected chi connectivity index (χ2v) is 7.88. The standard InChI is InChI=1S/C23H23N3O2/c1-15-13-16-7-4-5-8-20(16)26(15)22(27)17-10-11-18-19(14-17)24-21-9-3-2-6-12-25(21)23(18)28/h4-5,7-8,10-11,14-15H,2-3,6,9,12-13H2,1H3/t15-/m0/s1. The van der Waals surface area contributed by atoms with E-state index < -0.39 is 0 Å². The number of hydrogen-bond donors (Lipinski definition) is 0. The fraction of sp³-hybridized carbons (Fsp3) is 0.348. The number of carbonyl (C=O) groups is 1. The average Bonchev–Trinajstić information content (AvgIpc) is 2.86. The lowest BCUT2D eigenvalue weighted by molar-refractivity contribution is 0.0981. The van der Waals surface area contributed by atoms with E-state index in [1.807, 2.05) is 27.7 Å². The van der Waals surface area contributed by atoms with E-state index in [4.69, 9.17) is 4.98 Å². The largest absolute Gasteiger partial charge is 0.305 e. The maximum atomic E-state index is 13.3. The first kappa shape index (κ1) is 17.2. The third-order valence-electron chi connectivity index (χ3n) is 5.99. The topological polar surface area (TPSA) is 55.2 Å². The number of amides is 1. The molecule has 0 aliphatic carbocycles. The minimum Gasteiger partial charge on any atom is -0.305 e. The van der Waals surface area contributed by atoms with Crippen molar-refractivity contribution in [2.45, 2.75) is 51.6 Å². The maximum absolute atomic E-state index is 13.3. The van der Waals surface area contributed by atoms with Crippen LogP contribution in [0.2, 0.25) is 0 Å². The summed E-state index contributed by atoms with van der Waals surface area (Å²) in [6.45, 7) is 2.81. The van der Waals surface area contributed by atoms with Crippen molar-refractivity contribution in [3.63, 3.8) is 0 Å². The normalized spacial score (nSPS) is 18.6. The van der Waals surface area contributed by atoms with Crippen LogP contribution in [0.3, 0.4) is 0 Å². The van der Waals surface area contributed by atoms with Gasteiger partial charge in [-0.15, -0.1) is 0 Å². The highest BCUT2D eigenvalue weighted by atomic mass is 16.2. The Bertz CT molecular complexity index is 1150. The number of carbonyl (C=O) groups excluding carboxylic acids is 1. The highest BCUT2D eigenvalue weighted by molar-refractivity contribution is 6.09. The Morgan fingerprint density at radius 2 is 1.96 bits per heavy atom. The van der Waals surface area contributed by atoms with Crippen molar-refractivity contribution in [1.82, 2.24) is 9.55 Å². The summed E-state index contributed by atoms with van der Waals surface area (Å²) in [5.41, 5.74) is 3.41. The van der Waals surface area contributed by atoms with E-state index in [0.717, 1.165) is 50.2 Å². The van der Waals surface area contributed by atoms with Crippen LogP contribution in [0.4, 0.5) is 5.69 Å². The second-order valence-electron chi connectivity index (χ2n) is 7.88. The smallest absolute Gasteiger partial charge is 0.261 e. The zero-order chi connectivity index (χ0) is 19.3. The fourth-order valence-corrected chi connectivity index (χ4v) is 4.57. The zero-order valence-electron chi connectivity index (χ0n) is 16.0. The van der Waals surface area contributed by atoms with Crippen LogP contribution in [-0.4, -0.2) is 21.5 Å². The summed E-state index contributed by atoms with van der Waals surface area (Å²) >= 11 is 0. The van der Waals surface area contributed by atoms with Crippen molar-refractivity contribution in [3.8, 4) is 0 Å². The van der Waals surface area contributed by atoms with E-state index in [2.05, 4.69) is 13.0 Å². The molecule has 0 saturated carbocycles. The minimum atomic E-state index is -0.0313. The minimum absolute atomic E-state index is 0.0146. The summed E-state index contributed by atoms with van der Waals surface area (Å²) in [5.74, 6) is 0.815. The molecular weight excluding hydrogens is 350 g/mol. The third kappa shape index (κ3) is 2.65. The molecule has 5 heteroatoms. The monoisotopic (exact) mass is 373 g/mol. The SMILES string of the molecule is C[C@H]1Cc2ccccc2N1C(=O)c1ccc2c(=O)n3c(nc2c1)CCCCC3. The number of rotatable bonds is 1. The predicted molar refractivity (Wildman–Crippen MR) is 110 cm³/mol. The van der Waals surface area contributed by atoms with Gasteiger partial charge in [-0.1, -0.05) is 24.6 Å². The summed E-state index contributed by atoms with van der Waals surface area (Å²) in [7, 11) is 0. The molecule has 5 rings (SSSR count). The highest BCUT2D eigenvalue weighted by Crippen LogP contribution is 2.33. The molecule has 2 aromatic carbocycles. The molecule has 0 radical (unpaired) electrons. The third-order valence-corrected chi connectivity index (χ3v) is 5.99. The molecule has 0 saturated heterocycles. The molecule has 1 amide bonds. The van der Waals surface area contributed by atoms with Crippen molar-refractivity contribution in [2.24, 2.45) is 0 Å². The van der Waals surface area contributed by atoms with Gasteiger partial charge in [0.15, 0.2) is 0 Å². The quantitative estimate of drug-likeness (QED) is 0.653. The molecule has 1 atom stereocenters. The number of hydrogen-bond acceptors (Lipinski definition) is 3. The first-order chi connectivity index (χ1) is 13.6. The van der Waals surface area contributed by atoms with Gasteiger partial charge in [-0.2, -0.15) is 0 Å². The molecule has 1 aromatic heterocycles. The number of nitrogens with zero attached hydrogens (tertiary/aromatic N) is 3. The average molecular weight is 373 g/mol. The summed E-state index contributed by atoms with van der Waals surface area (Å²) in [6.07, 6.45) is 4.87. The van der Waals surface area contributed by atoms with Gasteiger partial charge < -0.3 is 4.90 Å². The Balaban J connectivity index is 1.59. The Labute approximate surface area is 163 Å². The zero-order valence-corrected chi connectivity index (χ0v) is 16.0. The van der Waals surface area contributed by atoms with Crippen molar-refractivity contribution in [3.05, 3.63) is 69.8 Å². The van der Waals surface area contributed by atoms with E-state index >= 15 is 0 Å². The van der Waals surface area contributed by atoms with Gasteiger partial charge in [0.25, 0.3) is 11.5 Å². The molecule has 2 aliphatic heterocycles. The highest BCUT2D eigenvalue weighted by Gasteiger charge is 2.31. The number of benzene rings is 2. The molecule has 142 valence electrons. The number of fused-ring (bicyclic) bond motifs is 3. The molecule has 5 nitrogen and oxygen atoms in total. The van der Waals surface area contributed by atoms with Crippen LogP contribution >= 0.6 is 0 Å². The van der Waals surface area contributed by atoms with Gasteiger partial charge in [-0.25, -0.2) is 4.98 Å². The van der Waals surface area contributed by atoms with Crippen LogP contribution < -0.4 is 10.5 Å². The van der Waals surface area contributed by atoms with Gasteiger partial charge in [-0.05, 0) is 56.0 Å². The molecule has 0 bridgehead atoms. The lowest BCUT2D eigenvalue weighted by Gasteiger charge is -2.23. The lowest BCUT2D eigenvalue weighted by Crippen LogP contribution is -2.35. The van der Waals surface area contributed by atoms with Gasteiger partial charge in [-0.3, -0.25) is 14.2 Å². The van der Waals surface area contributed by atoms with Crippen LogP contribution in [0.25, 0.3) is 10.9 Å². The van der Waals surface area contributed by atoms with Crippen LogP contribution in [0.5, 0.6) is 0 Å². The number of para-hydroxylation sites is 1. The summed E-state index contributed by atoms with van der Waals surface area (Å²) in [5, 5.41) is 0.595. The van der Waals surface area contributed by atoms with Gasteiger partial charge in [0, 0.05) is 30.3 Å². The van der Waals surface area contributed by atoms with E-state index in [1.54, 1.807) is 18.2 Å². The van der Waals surface area contributed by atoms with Crippen LogP contribution in [0, 0.1) is 0 Å². The first-order valence-corrected chi connectivity index (χ1v) is 10.1. The van der Waals surface area contributed by atoms with Gasteiger partial charge >= 0.3 is 0 Å². The van der Waals surface area contributed by atoms with Gasteiger partial charge in [0.05, 0.1) is 10.9 Å². The van der Waals surface area contributed by atoms with Gasteiger partial charge in [0.2, 0.25) is 0 Å². The Morgan fingerprint density at radius 1 is 1.11 bits per heavy atom. The van der Waals surface area contributed by atoms with E-state index in [1.165, 1.54) is 5.56 Å². The number of aromatic nitrogens is 2. The fourth-order valence-electron chi connectivity index (χ4n) is 4.57. The number of aryl methyl sites for hydroxylation is 1. The Kier molecular flexibility index (Phi) is 4.04. The van der Waals surface area contributed by atoms with Gasteiger partial charge in [0.1, 0.15) is 5.82 Å². The van der Waals surface area contributed by atoms with Crippen LogP contribution in [0.15, 0.2) is 47.3 Å². The van der Waals surface area contributed by atoms with Crippen molar-refractivity contribution in [2.75, 3.05) is 4.90 Å². The van der Waals surface area contributed by atoms with Crippen molar-refractivity contribution >= 4 is 22.5 Å².